The second-order valence-electron chi connectivity index (χ2n) is 4.13. The number of thiocarbonyl (C=S) groups is 1. The molecule has 2 rings (SSSR count). The summed E-state index contributed by atoms with van der Waals surface area (Å²) in [6.07, 6.45) is 1.82. The number of nitrogens with zero attached hydrogens (tertiary/aromatic N) is 2. The molecule has 0 radical (unpaired) electrons. The molecule has 88 valence electrons. The topological polar surface area (TPSA) is 42.1 Å². The van der Waals surface area contributed by atoms with Crippen LogP contribution in [-0.2, 0) is 6.54 Å². The van der Waals surface area contributed by atoms with Crippen molar-refractivity contribution in [3.8, 4) is 0 Å². The van der Waals surface area contributed by atoms with E-state index in [2.05, 4.69) is 28.1 Å². The van der Waals surface area contributed by atoms with Crippen LogP contribution in [0.15, 0.2) is 36.5 Å². The molecule has 0 aliphatic carbocycles. The van der Waals surface area contributed by atoms with Gasteiger partial charge in [0.25, 0.3) is 0 Å². The maximum Gasteiger partial charge on any atom is 0.0870 e. The minimum absolute atomic E-state index is 0.515. The molecule has 17 heavy (non-hydrogen) atoms. The van der Waals surface area contributed by atoms with Crippen molar-refractivity contribution >= 4 is 28.1 Å². The van der Waals surface area contributed by atoms with Gasteiger partial charge in [-0.3, -0.25) is 9.88 Å². The third-order valence-corrected chi connectivity index (χ3v) is 2.71. The Morgan fingerprint density at radius 2 is 2.12 bits per heavy atom. The molecule has 0 unspecified atom stereocenters. The van der Waals surface area contributed by atoms with Gasteiger partial charge in [-0.15, -0.1) is 0 Å². The van der Waals surface area contributed by atoms with E-state index in [0.717, 1.165) is 17.4 Å². The first-order valence-corrected chi connectivity index (χ1v) is 5.87. The van der Waals surface area contributed by atoms with E-state index in [1.54, 1.807) is 0 Å². The molecule has 0 fully saturated rings. The number of hydrogen-bond donors (Lipinski definition) is 1. The predicted molar refractivity (Wildman–Crippen MR) is 74.9 cm³/mol. The van der Waals surface area contributed by atoms with Crippen LogP contribution in [0.1, 0.15) is 5.56 Å². The fourth-order valence-electron chi connectivity index (χ4n) is 1.91. The van der Waals surface area contributed by atoms with Gasteiger partial charge in [-0.2, -0.15) is 0 Å². The fraction of sp³-hybridized carbons (Fsp3) is 0.231. The molecule has 4 heteroatoms. The molecule has 1 aromatic heterocycles. The van der Waals surface area contributed by atoms with Crippen LogP contribution in [0, 0.1) is 0 Å². The second kappa shape index (κ2) is 5.21. The summed E-state index contributed by atoms with van der Waals surface area (Å²) >= 11 is 4.90. The van der Waals surface area contributed by atoms with Crippen LogP contribution in [-0.4, -0.2) is 28.5 Å². The Kier molecular flexibility index (Phi) is 3.66. The second-order valence-corrected chi connectivity index (χ2v) is 4.66. The first-order chi connectivity index (χ1) is 8.16. The molecule has 3 nitrogen and oxygen atoms in total. The molecular weight excluding hydrogens is 230 g/mol. The average Bonchev–Trinajstić information content (AvgIpc) is 2.28. The van der Waals surface area contributed by atoms with Crippen molar-refractivity contribution in [3.63, 3.8) is 0 Å². The standard InChI is InChI=1S/C13H15N3S/c1-16(9-12(14)17)8-11-5-2-4-10-6-3-7-15-13(10)11/h2-7H,8-9H2,1H3,(H2,14,17). The number of hydrogen-bond acceptors (Lipinski definition) is 3. The van der Waals surface area contributed by atoms with Crippen molar-refractivity contribution in [3.05, 3.63) is 42.1 Å². The van der Waals surface area contributed by atoms with Gasteiger partial charge in [-0.05, 0) is 18.7 Å². The van der Waals surface area contributed by atoms with Crippen molar-refractivity contribution < 1.29 is 0 Å². The molecular formula is C13H15N3S. The van der Waals surface area contributed by atoms with E-state index in [9.17, 15) is 0 Å². The van der Waals surface area contributed by atoms with Crippen LogP contribution in [0.4, 0.5) is 0 Å². The molecule has 0 aliphatic rings. The molecule has 1 aromatic carbocycles. The number of likely N-dealkylation sites (N-methyl/N-ethyl adjacent to an activating group) is 1. The van der Waals surface area contributed by atoms with Gasteiger partial charge >= 0.3 is 0 Å². The van der Waals surface area contributed by atoms with Crippen molar-refractivity contribution in [2.75, 3.05) is 13.6 Å². The first-order valence-electron chi connectivity index (χ1n) is 5.46. The molecule has 2 N–H and O–H groups in total. The number of para-hydroxylation sites is 1. The smallest absolute Gasteiger partial charge is 0.0870 e. The van der Waals surface area contributed by atoms with Crippen molar-refractivity contribution in [2.45, 2.75) is 6.54 Å². The van der Waals surface area contributed by atoms with Gasteiger partial charge in [-0.25, -0.2) is 0 Å². The van der Waals surface area contributed by atoms with Gasteiger partial charge < -0.3 is 5.73 Å². The molecule has 1 heterocycles. The third-order valence-electron chi connectivity index (χ3n) is 2.58. The fourth-order valence-corrected chi connectivity index (χ4v) is 2.13. The van der Waals surface area contributed by atoms with E-state index in [1.165, 1.54) is 5.56 Å². The normalized spacial score (nSPS) is 10.9. The highest BCUT2D eigenvalue weighted by Gasteiger charge is 2.05. The van der Waals surface area contributed by atoms with E-state index in [4.69, 9.17) is 18.0 Å². The summed E-state index contributed by atoms with van der Waals surface area (Å²) in [7, 11) is 2.00. The number of rotatable bonds is 4. The van der Waals surface area contributed by atoms with Gasteiger partial charge in [-0.1, -0.05) is 36.5 Å². The van der Waals surface area contributed by atoms with Crippen LogP contribution in [0.3, 0.4) is 0 Å². The van der Waals surface area contributed by atoms with Gasteiger partial charge in [0.2, 0.25) is 0 Å². The van der Waals surface area contributed by atoms with Gasteiger partial charge in [0.1, 0.15) is 0 Å². The molecule has 0 atom stereocenters. The summed E-state index contributed by atoms with van der Waals surface area (Å²) in [5, 5.41) is 1.16. The van der Waals surface area contributed by atoms with E-state index < -0.39 is 0 Å². The zero-order chi connectivity index (χ0) is 12.3. The molecule has 0 saturated heterocycles. The lowest BCUT2D eigenvalue weighted by Crippen LogP contribution is -2.29. The van der Waals surface area contributed by atoms with E-state index in [0.29, 0.717) is 11.5 Å². The summed E-state index contributed by atoms with van der Waals surface area (Å²) in [5.74, 6) is 0. The Balaban J connectivity index is 2.26. The summed E-state index contributed by atoms with van der Waals surface area (Å²) in [5.41, 5.74) is 7.78. The van der Waals surface area contributed by atoms with Crippen LogP contribution in [0.25, 0.3) is 10.9 Å². The van der Waals surface area contributed by atoms with E-state index in [1.807, 2.05) is 25.4 Å². The lowest BCUT2D eigenvalue weighted by molar-refractivity contribution is 0.376. The predicted octanol–water partition coefficient (Wildman–Crippen LogP) is 1.95. The van der Waals surface area contributed by atoms with E-state index in [-0.39, 0.29) is 0 Å². The van der Waals surface area contributed by atoms with Crippen LogP contribution < -0.4 is 5.73 Å². The summed E-state index contributed by atoms with van der Waals surface area (Å²) < 4.78 is 0. The number of aromatic nitrogens is 1. The SMILES string of the molecule is CN(CC(N)=S)Cc1cccc2cccnc12. The van der Waals surface area contributed by atoms with Crippen molar-refractivity contribution in [1.82, 2.24) is 9.88 Å². The largest absolute Gasteiger partial charge is 0.392 e. The Bertz CT molecular complexity index is 534. The Labute approximate surface area is 106 Å². The number of benzene rings is 1. The molecule has 0 aliphatic heterocycles. The average molecular weight is 245 g/mol. The number of nitrogens with two attached hydrogens (primary N) is 1. The molecule has 0 saturated carbocycles. The minimum Gasteiger partial charge on any atom is -0.392 e. The molecule has 0 amide bonds. The lowest BCUT2D eigenvalue weighted by atomic mass is 10.1. The molecule has 2 aromatic rings. The summed E-state index contributed by atoms with van der Waals surface area (Å²) in [6, 6.07) is 10.2. The van der Waals surface area contributed by atoms with Gasteiger partial charge in [0.05, 0.1) is 10.5 Å². The quantitative estimate of drug-likeness (QED) is 0.836. The van der Waals surface area contributed by atoms with Crippen molar-refractivity contribution in [1.29, 1.82) is 0 Å². The van der Waals surface area contributed by atoms with Crippen LogP contribution in [0.2, 0.25) is 0 Å². The Morgan fingerprint density at radius 3 is 2.88 bits per heavy atom. The van der Waals surface area contributed by atoms with E-state index >= 15 is 0 Å². The summed E-state index contributed by atoms with van der Waals surface area (Å²) in [6.45, 7) is 1.42. The maximum absolute atomic E-state index is 5.53. The molecule has 0 bridgehead atoms. The zero-order valence-electron chi connectivity index (χ0n) is 9.76. The minimum atomic E-state index is 0.515. The van der Waals surface area contributed by atoms with Gasteiger partial charge in [0, 0.05) is 24.7 Å². The molecule has 0 spiro atoms. The summed E-state index contributed by atoms with van der Waals surface area (Å²) in [4.78, 5) is 7.03. The van der Waals surface area contributed by atoms with Crippen LogP contribution in [0.5, 0.6) is 0 Å². The highest BCUT2D eigenvalue weighted by molar-refractivity contribution is 7.80. The number of fused-ring (bicyclic) bond motifs is 1. The Morgan fingerprint density at radius 1 is 1.35 bits per heavy atom. The highest BCUT2D eigenvalue weighted by atomic mass is 32.1. The van der Waals surface area contributed by atoms with Crippen molar-refractivity contribution in [2.24, 2.45) is 5.73 Å². The third kappa shape index (κ3) is 2.99. The van der Waals surface area contributed by atoms with Gasteiger partial charge in [0.15, 0.2) is 0 Å². The highest BCUT2D eigenvalue weighted by Crippen LogP contribution is 2.16. The maximum atomic E-state index is 5.53. The number of pyridine rings is 1. The Hall–Kier alpha value is -1.52. The van der Waals surface area contributed by atoms with Crippen LogP contribution >= 0.6 is 12.2 Å². The lowest BCUT2D eigenvalue weighted by Gasteiger charge is -2.16. The first kappa shape index (κ1) is 12.0. The monoisotopic (exact) mass is 245 g/mol. The zero-order valence-corrected chi connectivity index (χ0v) is 10.6.